The smallest absolute Gasteiger partial charge is 0.251 e. The third-order valence-electron chi connectivity index (χ3n) is 4.14. The maximum absolute atomic E-state index is 12.5. The second kappa shape index (κ2) is 8.63. The number of nitrogens with zero attached hydrogens (tertiary/aromatic N) is 1. The third-order valence-corrected chi connectivity index (χ3v) is 4.37. The molecule has 0 aromatic heterocycles. The van der Waals surface area contributed by atoms with Crippen LogP contribution < -0.4 is 5.32 Å². The van der Waals surface area contributed by atoms with Gasteiger partial charge in [-0.15, -0.1) is 0 Å². The van der Waals surface area contributed by atoms with Gasteiger partial charge in [0, 0.05) is 16.1 Å². The molecule has 1 aliphatic carbocycles. The normalized spacial score (nSPS) is 14.8. The highest BCUT2D eigenvalue weighted by atomic mass is 35.5. The molecule has 3 nitrogen and oxygen atoms in total. The number of fused-ring (bicyclic) bond motifs is 1. The fourth-order valence-electron chi connectivity index (χ4n) is 2.91. The number of halogens is 1. The molecule has 0 aliphatic heterocycles. The summed E-state index contributed by atoms with van der Waals surface area (Å²) in [6, 6.07) is 13.1. The van der Waals surface area contributed by atoms with Crippen LogP contribution in [0, 0.1) is 0 Å². The molecule has 0 saturated heterocycles. The van der Waals surface area contributed by atoms with Crippen molar-refractivity contribution in [2.75, 3.05) is 0 Å². The van der Waals surface area contributed by atoms with Gasteiger partial charge in [-0.25, -0.2) is 0 Å². The number of carbonyl (C=O) groups is 1. The van der Waals surface area contributed by atoms with Crippen LogP contribution in [-0.2, 0) is 6.42 Å². The lowest BCUT2D eigenvalue weighted by Crippen LogP contribution is -2.27. The van der Waals surface area contributed by atoms with Gasteiger partial charge in [0.25, 0.3) is 5.91 Å². The monoisotopic (exact) mass is 354 g/mol. The zero-order valence-electron chi connectivity index (χ0n) is 14.7. The highest BCUT2D eigenvalue weighted by Gasteiger charge is 2.24. The van der Waals surface area contributed by atoms with Gasteiger partial charge >= 0.3 is 0 Å². The molecule has 0 radical (unpaired) electrons. The first-order chi connectivity index (χ1) is 12.1. The van der Waals surface area contributed by atoms with Gasteiger partial charge in [0.2, 0.25) is 0 Å². The molecule has 1 aliphatic rings. The molecule has 0 saturated carbocycles. The molecule has 130 valence electrons. The summed E-state index contributed by atoms with van der Waals surface area (Å²) >= 11 is 6.02. The van der Waals surface area contributed by atoms with Crippen molar-refractivity contribution in [2.24, 2.45) is 4.99 Å². The summed E-state index contributed by atoms with van der Waals surface area (Å²) in [4.78, 5) is 16.3. The first-order valence-electron chi connectivity index (χ1n) is 8.44. The molecule has 1 N–H and O–H groups in total. The Labute approximate surface area is 154 Å². The fraction of sp³-hybridized carbons (Fsp3) is 0.238. The van der Waals surface area contributed by atoms with E-state index in [1.54, 1.807) is 12.1 Å². The van der Waals surface area contributed by atoms with Crippen molar-refractivity contribution in [3.8, 4) is 0 Å². The van der Waals surface area contributed by atoms with Crippen molar-refractivity contribution >= 4 is 29.9 Å². The van der Waals surface area contributed by atoms with E-state index in [9.17, 15) is 4.79 Å². The van der Waals surface area contributed by atoms with Crippen LogP contribution >= 0.6 is 11.6 Å². The molecule has 1 amide bonds. The van der Waals surface area contributed by atoms with Gasteiger partial charge in [-0.2, -0.15) is 0 Å². The summed E-state index contributed by atoms with van der Waals surface area (Å²) in [7, 11) is 0. The van der Waals surface area contributed by atoms with Gasteiger partial charge < -0.3 is 5.32 Å². The van der Waals surface area contributed by atoms with E-state index in [4.69, 9.17) is 11.6 Å². The number of aliphatic imine (C=N–C) groups is 1. The quantitative estimate of drug-likeness (QED) is 0.728. The van der Waals surface area contributed by atoms with E-state index in [0.717, 1.165) is 29.0 Å². The molecule has 2 aromatic carbocycles. The molecule has 0 spiro atoms. The van der Waals surface area contributed by atoms with Crippen LogP contribution in [0.15, 0.2) is 54.0 Å². The average Bonchev–Trinajstić information content (AvgIpc) is 3.04. The summed E-state index contributed by atoms with van der Waals surface area (Å²) in [6.45, 7) is 11.3. The number of aryl methyl sites for hydroxylation is 1. The number of benzene rings is 2. The zero-order chi connectivity index (χ0) is 18.4. The van der Waals surface area contributed by atoms with E-state index >= 15 is 0 Å². The summed E-state index contributed by atoms with van der Waals surface area (Å²) in [5.74, 6) is -0.100. The molecule has 0 heterocycles. The lowest BCUT2D eigenvalue weighted by molar-refractivity contribution is 0.0936. The van der Waals surface area contributed by atoms with Crippen LogP contribution in [0.5, 0.6) is 0 Å². The molecule has 3 rings (SSSR count). The number of carbonyl (C=O) groups excluding carboxylic acids is 1. The minimum Gasteiger partial charge on any atom is -0.345 e. The van der Waals surface area contributed by atoms with Crippen molar-refractivity contribution in [1.82, 2.24) is 5.32 Å². The second-order valence-electron chi connectivity index (χ2n) is 5.59. The topological polar surface area (TPSA) is 41.5 Å². The van der Waals surface area contributed by atoms with Gasteiger partial charge in [-0.3, -0.25) is 9.79 Å². The average molecular weight is 355 g/mol. The van der Waals surface area contributed by atoms with E-state index in [1.807, 2.05) is 44.2 Å². The first-order valence-corrected chi connectivity index (χ1v) is 8.81. The molecule has 25 heavy (non-hydrogen) atoms. The Morgan fingerprint density at radius 2 is 1.92 bits per heavy atom. The largest absolute Gasteiger partial charge is 0.345 e. The molecule has 0 bridgehead atoms. The van der Waals surface area contributed by atoms with E-state index < -0.39 is 0 Å². The number of amides is 1. The third kappa shape index (κ3) is 4.37. The Kier molecular flexibility index (Phi) is 6.54. The number of hydrogen-bond donors (Lipinski definition) is 1. The molecule has 0 fully saturated rings. The van der Waals surface area contributed by atoms with Crippen molar-refractivity contribution in [3.05, 3.63) is 76.3 Å². The summed E-state index contributed by atoms with van der Waals surface area (Å²) < 4.78 is 0. The number of hydrogen-bond acceptors (Lipinski definition) is 2. The molecule has 1 atom stereocenters. The van der Waals surface area contributed by atoms with Crippen molar-refractivity contribution < 1.29 is 4.79 Å². The minimum atomic E-state index is -0.100. The molecule has 0 unspecified atom stereocenters. The fourth-order valence-corrected chi connectivity index (χ4v) is 3.10. The van der Waals surface area contributed by atoms with Crippen LogP contribution in [0.2, 0.25) is 5.02 Å². The highest BCUT2D eigenvalue weighted by Crippen LogP contribution is 2.33. The molecule has 2 aromatic rings. The number of nitrogens with one attached hydrogen (secondary N) is 1. The zero-order valence-corrected chi connectivity index (χ0v) is 15.4. The maximum atomic E-state index is 12.5. The Balaban J connectivity index is 0.00000109. The highest BCUT2D eigenvalue weighted by molar-refractivity contribution is 6.30. The molecular formula is C21H23ClN2O. The van der Waals surface area contributed by atoms with E-state index in [1.165, 1.54) is 5.56 Å². The van der Waals surface area contributed by atoms with Gasteiger partial charge in [0.05, 0.1) is 11.7 Å². The summed E-state index contributed by atoms with van der Waals surface area (Å²) in [5, 5.41) is 3.83. The summed E-state index contributed by atoms with van der Waals surface area (Å²) in [5.41, 5.74) is 4.30. The van der Waals surface area contributed by atoms with E-state index in [-0.39, 0.29) is 11.9 Å². The predicted octanol–water partition coefficient (Wildman–Crippen LogP) is 5.45. The summed E-state index contributed by atoms with van der Waals surface area (Å²) in [6.07, 6.45) is 1.82. The van der Waals surface area contributed by atoms with Crippen molar-refractivity contribution in [1.29, 1.82) is 0 Å². The Bertz CT molecular complexity index is 798. The lowest BCUT2D eigenvalue weighted by Gasteiger charge is -2.14. The lowest BCUT2D eigenvalue weighted by atomic mass is 10.1. The van der Waals surface area contributed by atoms with Gasteiger partial charge in [-0.1, -0.05) is 50.2 Å². The SMILES string of the molecule is C=NC(=C)c1cccc(C(=O)N[C@@H]2CCc3cc(Cl)ccc32)c1.CC. The Morgan fingerprint density at radius 1 is 1.20 bits per heavy atom. The van der Waals surface area contributed by atoms with Crippen LogP contribution in [-0.4, -0.2) is 12.6 Å². The van der Waals surface area contributed by atoms with Crippen molar-refractivity contribution in [2.45, 2.75) is 32.7 Å². The van der Waals surface area contributed by atoms with Crippen LogP contribution in [0.4, 0.5) is 0 Å². The molecule has 4 heteroatoms. The Morgan fingerprint density at radius 3 is 2.64 bits per heavy atom. The van der Waals surface area contributed by atoms with Gasteiger partial charge in [-0.05, 0) is 55.0 Å². The Hall–Kier alpha value is -2.39. The first kappa shape index (κ1) is 18.9. The van der Waals surface area contributed by atoms with Gasteiger partial charge in [0.15, 0.2) is 0 Å². The maximum Gasteiger partial charge on any atom is 0.251 e. The predicted molar refractivity (Wildman–Crippen MR) is 106 cm³/mol. The van der Waals surface area contributed by atoms with Crippen LogP contribution in [0.1, 0.15) is 53.4 Å². The van der Waals surface area contributed by atoms with E-state index in [0.29, 0.717) is 11.3 Å². The standard InChI is InChI=1S/C19H17ClN2O.C2H6/c1-12(21-2)13-4-3-5-15(10-13)19(23)22-18-9-6-14-11-16(20)7-8-17(14)18;1-2/h3-5,7-8,10-11,18H,1-2,6,9H2,(H,22,23);1-2H3/t18-;/m1./s1. The number of rotatable bonds is 4. The molecular weight excluding hydrogens is 332 g/mol. The van der Waals surface area contributed by atoms with Crippen molar-refractivity contribution in [3.63, 3.8) is 0 Å². The van der Waals surface area contributed by atoms with Crippen LogP contribution in [0.3, 0.4) is 0 Å². The van der Waals surface area contributed by atoms with Crippen LogP contribution in [0.25, 0.3) is 5.70 Å². The second-order valence-corrected chi connectivity index (χ2v) is 6.03. The minimum absolute atomic E-state index is 0.0270. The van der Waals surface area contributed by atoms with E-state index in [2.05, 4.69) is 23.6 Å². The van der Waals surface area contributed by atoms with Gasteiger partial charge in [0.1, 0.15) is 0 Å².